The van der Waals surface area contributed by atoms with E-state index in [0.717, 1.165) is 66.2 Å². The van der Waals surface area contributed by atoms with Crippen molar-refractivity contribution in [2.24, 2.45) is 0 Å². The molecule has 51 heavy (non-hydrogen) atoms. The molecule has 4 aromatic heterocycles. The predicted octanol–water partition coefficient (Wildman–Crippen LogP) is 11.7. The van der Waals surface area contributed by atoms with Gasteiger partial charge in [0.1, 0.15) is 5.82 Å². The summed E-state index contributed by atoms with van der Waals surface area (Å²) in [5.41, 5.74) is 10.1. The number of benzene rings is 5. The van der Waals surface area contributed by atoms with Gasteiger partial charge in [-0.2, -0.15) is 6.07 Å². The molecule has 0 fully saturated rings. The molecule has 0 aliphatic heterocycles. The first-order valence-electron chi connectivity index (χ1n) is 17.3. The topological polar surface area (TPSA) is 44.4 Å². The van der Waals surface area contributed by atoms with E-state index in [2.05, 4.69) is 147 Å². The van der Waals surface area contributed by atoms with Gasteiger partial charge in [-0.1, -0.05) is 111 Å². The smallest absolute Gasteiger partial charge is 0.503 e. The van der Waals surface area contributed by atoms with Gasteiger partial charge < -0.3 is 13.7 Å². The molecule has 0 radical (unpaired) electrons. The summed E-state index contributed by atoms with van der Waals surface area (Å²) in [5, 5.41) is 5.39. The average Bonchev–Trinajstić information content (AvgIpc) is 3.72. The Bertz CT molecular complexity index is 2730. The van der Waals surface area contributed by atoms with Crippen molar-refractivity contribution in [3.63, 3.8) is 0 Å². The quantitative estimate of drug-likeness (QED) is 0.124. The molecular formula is C45H36N4OPt. The van der Waals surface area contributed by atoms with Gasteiger partial charge in [0.2, 0.25) is 0 Å². The zero-order valence-corrected chi connectivity index (χ0v) is 31.4. The summed E-state index contributed by atoms with van der Waals surface area (Å²) < 4.78 is 11.0. The molecule has 9 rings (SSSR count). The summed E-state index contributed by atoms with van der Waals surface area (Å²) in [6, 6.07) is 43.3. The average molecular weight is 844 g/mol. The van der Waals surface area contributed by atoms with Gasteiger partial charge >= 0.3 is 21.1 Å². The van der Waals surface area contributed by atoms with E-state index in [-0.39, 0.29) is 21.1 Å². The molecule has 0 saturated carbocycles. The molecule has 4 heterocycles. The number of rotatable bonds is 6. The number of hydrogen-bond acceptors (Lipinski definition) is 3. The van der Waals surface area contributed by atoms with E-state index >= 15 is 0 Å². The van der Waals surface area contributed by atoms with Crippen LogP contribution in [0.5, 0.6) is 11.5 Å². The van der Waals surface area contributed by atoms with Crippen LogP contribution in [0.2, 0.25) is 0 Å². The maximum atomic E-state index is 6.57. The molecule has 0 aliphatic rings. The van der Waals surface area contributed by atoms with Crippen molar-refractivity contribution in [3.05, 3.63) is 144 Å². The van der Waals surface area contributed by atoms with Crippen LogP contribution in [0.15, 0.2) is 116 Å². The number of pyridine rings is 2. The molecule has 0 spiro atoms. The fourth-order valence-electron chi connectivity index (χ4n) is 7.51. The van der Waals surface area contributed by atoms with E-state index in [4.69, 9.17) is 14.7 Å². The van der Waals surface area contributed by atoms with E-state index in [0.29, 0.717) is 23.3 Å². The fourth-order valence-corrected chi connectivity index (χ4v) is 7.51. The van der Waals surface area contributed by atoms with Crippen LogP contribution in [0, 0.1) is 19.1 Å². The first-order valence-corrected chi connectivity index (χ1v) is 17.3. The Morgan fingerprint density at radius 2 is 1.25 bits per heavy atom. The largest absolute Gasteiger partial charge is 2.00 e. The third-order valence-corrected chi connectivity index (χ3v) is 9.87. The third kappa shape index (κ3) is 5.34. The van der Waals surface area contributed by atoms with Gasteiger partial charge in [-0.05, 0) is 64.4 Å². The Balaban J connectivity index is 0.00000374. The molecule has 252 valence electrons. The Morgan fingerprint density at radius 3 is 1.94 bits per heavy atom. The zero-order chi connectivity index (χ0) is 34.1. The molecular weight excluding hydrogens is 808 g/mol. The standard InChI is InChI=1S/C45H36N4O.Pt/c1-27(2)32-13-10-14-33(28(3)4)44(32)42-26-47-45-38-23-30(18-20-34(38)35-11-6-9-16-40(35)49(42)45)50-31-19-21-37-36-12-7-8-15-39(36)48(41(37)24-31)43-22-17-29(5)25-46-43;/h6-22,25-28H,1-5H3;/q-2;+2. The van der Waals surface area contributed by atoms with E-state index < -0.39 is 0 Å². The second-order valence-electron chi connectivity index (χ2n) is 13.8. The normalized spacial score (nSPS) is 11.8. The first kappa shape index (κ1) is 32.9. The molecule has 0 aliphatic carbocycles. The van der Waals surface area contributed by atoms with Crippen molar-refractivity contribution >= 4 is 49.1 Å². The summed E-state index contributed by atoms with van der Waals surface area (Å²) in [4.78, 5) is 9.86. The number of aromatic nitrogens is 4. The van der Waals surface area contributed by atoms with Crippen LogP contribution in [-0.2, 0) is 21.1 Å². The minimum Gasteiger partial charge on any atom is -0.503 e. The molecule has 0 amide bonds. The van der Waals surface area contributed by atoms with Crippen molar-refractivity contribution < 1.29 is 25.8 Å². The molecule has 0 bridgehead atoms. The summed E-state index contributed by atoms with van der Waals surface area (Å²) in [5.74, 6) is 2.79. The van der Waals surface area contributed by atoms with Crippen molar-refractivity contribution in [1.82, 2.24) is 18.9 Å². The Labute approximate surface area is 311 Å². The van der Waals surface area contributed by atoms with Crippen molar-refractivity contribution in [1.29, 1.82) is 0 Å². The molecule has 0 atom stereocenters. The summed E-state index contributed by atoms with van der Waals surface area (Å²) in [7, 11) is 0. The Hall–Kier alpha value is -5.25. The number of nitrogens with zero attached hydrogens (tertiary/aromatic N) is 4. The molecule has 0 N–H and O–H groups in total. The van der Waals surface area contributed by atoms with Gasteiger partial charge in [-0.15, -0.1) is 29.7 Å². The maximum Gasteiger partial charge on any atom is 2.00 e. The SMILES string of the molecule is Cc1ccc(-n2c3[c-]c(Oc4[c-]c5c(cc4)c4ccccc4n4c(-c6c(C(C)C)cccc6C(C)C)cnc54)ccc3c3ccccc32)nc1.[Pt+2]. The van der Waals surface area contributed by atoms with Crippen LogP contribution < -0.4 is 4.74 Å². The van der Waals surface area contributed by atoms with Crippen LogP contribution in [0.3, 0.4) is 0 Å². The number of para-hydroxylation sites is 2. The Morgan fingerprint density at radius 1 is 0.608 bits per heavy atom. The molecule has 5 nitrogen and oxygen atoms in total. The minimum absolute atomic E-state index is 0. The summed E-state index contributed by atoms with van der Waals surface area (Å²) in [6.45, 7) is 11.1. The fraction of sp³-hybridized carbons (Fsp3) is 0.156. The Kier molecular flexibility index (Phi) is 8.27. The summed E-state index contributed by atoms with van der Waals surface area (Å²) >= 11 is 0. The summed E-state index contributed by atoms with van der Waals surface area (Å²) in [6.07, 6.45) is 3.94. The van der Waals surface area contributed by atoms with Gasteiger partial charge in [0.25, 0.3) is 0 Å². The third-order valence-electron chi connectivity index (χ3n) is 9.87. The predicted molar refractivity (Wildman–Crippen MR) is 205 cm³/mol. The second-order valence-corrected chi connectivity index (χ2v) is 13.8. The van der Waals surface area contributed by atoms with Crippen LogP contribution in [0.4, 0.5) is 0 Å². The van der Waals surface area contributed by atoms with Crippen LogP contribution in [0.25, 0.3) is 66.2 Å². The number of aryl methyl sites for hydroxylation is 1. The molecule has 6 heteroatoms. The van der Waals surface area contributed by atoms with Gasteiger partial charge in [-0.3, -0.25) is 4.98 Å². The molecule has 5 aromatic carbocycles. The zero-order valence-electron chi connectivity index (χ0n) is 29.1. The number of fused-ring (bicyclic) bond motifs is 9. The first-order chi connectivity index (χ1) is 24.4. The number of ether oxygens (including phenoxy) is 1. The molecule has 0 unspecified atom stereocenters. The molecule has 9 aromatic rings. The number of imidazole rings is 1. The number of hydrogen-bond donors (Lipinski definition) is 0. The minimum atomic E-state index is 0. The van der Waals surface area contributed by atoms with Gasteiger partial charge in [0, 0.05) is 40.5 Å². The van der Waals surface area contributed by atoms with Gasteiger partial charge in [0.05, 0.1) is 11.3 Å². The van der Waals surface area contributed by atoms with Crippen molar-refractivity contribution in [2.75, 3.05) is 0 Å². The van der Waals surface area contributed by atoms with E-state index in [1.165, 1.54) is 16.7 Å². The van der Waals surface area contributed by atoms with Gasteiger partial charge in [-0.25, -0.2) is 4.98 Å². The maximum absolute atomic E-state index is 6.57. The van der Waals surface area contributed by atoms with Crippen molar-refractivity contribution in [2.45, 2.75) is 46.5 Å². The van der Waals surface area contributed by atoms with Crippen LogP contribution in [-0.4, -0.2) is 18.9 Å². The van der Waals surface area contributed by atoms with E-state index in [9.17, 15) is 0 Å². The second kappa shape index (κ2) is 12.8. The van der Waals surface area contributed by atoms with E-state index in [1.807, 2.05) is 24.5 Å². The van der Waals surface area contributed by atoms with Gasteiger partial charge in [0.15, 0.2) is 0 Å². The van der Waals surface area contributed by atoms with Crippen LogP contribution >= 0.6 is 0 Å². The molecule has 0 saturated heterocycles. The van der Waals surface area contributed by atoms with E-state index in [1.54, 1.807) is 0 Å². The monoisotopic (exact) mass is 843 g/mol. The van der Waals surface area contributed by atoms with Crippen LogP contribution in [0.1, 0.15) is 56.2 Å². The van der Waals surface area contributed by atoms with Crippen molar-refractivity contribution in [3.8, 4) is 28.6 Å².